The van der Waals surface area contributed by atoms with Gasteiger partial charge in [-0.1, -0.05) is 36.1 Å². The van der Waals surface area contributed by atoms with E-state index < -0.39 is 46.8 Å². The standard InChI is InChI=1S/C24H32N4O4.C19H24IN3O4/c1-23(2,3)31-21(29)26-20-25-16-19(28(20)22(30)32-24(4,5)6)18-13-11-17(12-14-18)10-9-15-27(7)8;1-18(2,3)26-16(24)22-15-21-11-14(12-7-9-13(20)10-8-12)23(15)17(25)27-19(4,5)6/h11-14,16H,15H2,1-8H3,(H,25,26,29);7-11H,1-6H3,(H,21,22,24). The zero-order valence-electron chi connectivity index (χ0n) is 36.4. The van der Waals surface area contributed by atoms with Gasteiger partial charge in [0.05, 0.1) is 30.3 Å². The molecule has 0 aliphatic heterocycles. The maximum atomic E-state index is 13.0. The number of benzene rings is 2. The molecule has 0 saturated carbocycles. The molecule has 59 heavy (non-hydrogen) atoms. The van der Waals surface area contributed by atoms with Gasteiger partial charge in [-0.2, -0.15) is 0 Å². The van der Waals surface area contributed by atoms with E-state index >= 15 is 0 Å². The second kappa shape index (κ2) is 19.6. The van der Waals surface area contributed by atoms with Crippen LogP contribution in [0.3, 0.4) is 0 Å². The Bertz CT molecular complexity index is 2150. The summed E-state index contributed by atoms with van der Waals surface area (Å²) >= 11 is 2.20. The number of nitrogens with zero attached hydrogens (tertiary/aromatic N) is 5. The van der Waals surface area contributed by atoms with E-state index in [4.69, 9.17) is 18.9 Å². The molecule has 2 aromatic heterocycles. The van der Waals surface area contributed by atoms with E-state index in [2.05, 4.69) is 55.0 Å². The van der Waals surface area contributed by atoms with Crippen molar-refractivity contribution in [2.45, 2.75) is 105 Å². The largest absolute Gasteiger partial charge is 0.444 e. The maximum absolute atomic E-state index is 13.0. The van der Waals surface area contributed by atoms with Crippen LogP contribution >= 0.6 is 22.6 Å². The molecule has 0 aliphatic rings. The van der Waals surface area contributed by atoms with Crippen LogP contribution in [-0.4, -0.2) is 91.4 Å². The highest BCUT2D eigenvalue weighted by Crippen LogP contribution is 2.28. The highest BCUT2D eigenvalue weighted by Gasteiger charge is 2.28. The Kier molecular flexibility index (Phi) is 15.9. The van der Waals surface area contributed by atoms with Crippen molar-refractivity contribution in [3.63, 3.8) is 0 Å². The fourth-order valence-electron chi connectivity index (χ4n) is 4.71. The Balaban J connectivity index is 0.000000320. The van der Waals surface area contributed by atoms with Crippen LogP contribution in [-0.2, 0) is 18.9 Å². The number of carbonyl (C=O) groups is 4. The normalized spacial score (nSPS) is 11.7. The minimum absolute atomic E-state index is 0.0124. The van der Waals surface area contributed by atoms with Gasteiger partial charge in [0.2, 0.25) is 11.9 Å². The van der Waals surface area contributed by atoms with Gasteiger partial charge in [0, 0.05) is 20.3 Å². The predicted octanol–water partition coefficient (Wildman–Crippen LogP) is 9.88. The Labute approximate surface area is 360 Å². The van der Waals surface area contributed by atoms with Crippen molar-refractivity contribution in [1.82, 2.24) is 24.0 Å². The Morgan fingerprint density at radius 1 is 0.610 bits per heavy atom. The van der Waals surface area contributed by atoms with Gasteiger partial charge in [0.1, 0.15) is 22.4 Å². The van der Waals surface area contributed by atoms with Gasteiger partial charge < -0.3 is 18.9 Å². The quantitative estimate of drug-likeness (QED) is 0.111. The van der Waals surface area contributed by atoms with Crippen LogP contribution in [0.15, 0.2) is 60.9 Å². The van der Waals surface area contributed by atoms with Crippen molar-refractivity contribution in [3.05, 3.63) is 70.1 Å². The van der Waals surface area contributed by atoms with Gasteiger partial charge in [-0.3, -0.25) is 15.5 Å². The number of rotatable bonds is 5. The average molecular weight is 926 g/mol. The Hall–Kier alpha value is -5.41. The summed E-state index contributed by atoms with van der Waals surface area (Å²) in [6.07, 6.45) is 0.297. The van der Waals surface area contributed by atoms with Crippen LogP contribution in [0.4, 0.5) is 31.1 Å². The van der Waals surface area contributed by atoms with Gasteiger partial charge >= 0.3 is 24.4 Å². The first-order chi connectivity index (χ1) is 27.1. The summed E-state index contributed by atoms with van der Waals surface area (Å²) in [5.74, 6) is 6.23. The third kappa shape index (κ3) is 16.4. The second-order valence-corrected chi connectivity index (χ2v) is 18.7. The number of carbonyl (C=O) groups excluding carboxylic acids is 4. The molecular formula is C43H56IN7O8. The summed E-state index contributed by atoms with van der Waals surface area (Å²) in [5, 5.41) is 5.06. The molecule has 4 rings (SSSR count). The molecule has 0 radical (unpaired) electrons. The second-order valence-electron chi connectivity index (χ2n) is 17.4. The monoisotopic (exact) mass is 925 g/mol. The number of halogens is 1. The number of ether oxygens (including phenoxy) is 4. The van der Waals surface area contributed by atoms with E-state index in [1.165, 1.54) is 21.5 Å². The molecule has 0 bridgehead atoms. The van der Waals surface area contributed by atoms with E-state index in [9.17, 15) is 19.2 Å². The van der Waals surface area contributed by atoms with Gasteiger partial charge in [-0.15, -0.1) is 0 Å². The molecule has 2 amide bonds. The van der Waals surface area contributed by atoms with Crippen LogP contribution in [0.25, 0.3) is 22.5 Å². The fourth-order valence-corrected chi connectivity index (χ4v) is 5.07. The molecule has 15 nitrogen and oxygen atoms in total. The number of hydrogen-bond acceptors (Lipinski definition) is 11. The summed E-state index contributed by atoms with van der Waals surface area (Å²) in [6, 6.07) is 15.0. The summed E-state index contributed by atoms with van der Waals surface area (Å²) in [4.78, 5) is 60.5. The number of anilines is 2. The zero-order chi connectivity index (χ0) is 44.5. The minimum Gasteiger partial charge on any atom is -0.444 e. The third-order valence-corrected chi connectivity index (χ3v) is 7.57. The van der Waals surface area contributed by atoms with Crippen LogP contribution in [0.1, 0.15) is 88.6 Å². The molecule has 0 unspecified atom stereocenters. The van der Waals surface area contributed by atoms with Crippen molar-refractivity contribution in [3.8, 4) is 34.4 Å². The molecule has 2 aromatic carbocycles. The lowest BCUT2D eigenvalue weighted by Crippen LogP contribution is -2.31. The van der Waals surface area contributed by atoms with Gasteiger partial charge in [0.25, 0.3) is 0 Å². The predicted molar refractivity (Wildman–Crippen MR) is 236 cm³/mol. The smallest absolute Gasteiger partial charge is 0.421 e. The molecule has 2 N–H and O–H groups in total. The molecule has 0 aliphatic carbocycles. The zero-order valence-corrected chi connectivity index (χ0v) is 38.5. The first-order valence-corrected chi connectivity index (χ1v) is 19.8. The third-order valence-electron chi connectivity index (χ3n) is 6.85. The topological polar surface area (TPSA) is 168 Å². The lowest BCUT2D eigenvalue weighted by molar-refractivity contribution is 0.0526. The van der Waals surface area contributed by atoms with Crippen molar-refractivity contribution in [1.29, 1.82) is 0 Å². The summed E-state index contributed by atoms with van der Waals surface area (Å²) < 4.78 is 25.1. The van der Waals surface area contributed by atoms with Gasteiger partial charge in [-0.05, 0) is 144 Å². The molecular weight excluding hydrogens is 869 g/mol. The van der Waals surface area contributed by atoms with Crippen molar-refractivity contribution in [2.75, 3.05) is 31.3 Å². The van der Waals surface area contributed by atoms with E-state index in [1.807, 2.05) is 67.5 Å². The highest BCUT2D eigenvalue weighted by atomic mass is 127. The van der Waals surface area contributed by atoms with E-state index in [-0.39, 0.29) is 11.9 Å². The number of aromatic nitrogens is 4. The highest BCUT2D eigenvalue weighted by molar-refractivity contribution is 14.1. The van der Waals surface area contributed by atoms with E-state index in [0.717, 1.165) is 20.3 Å². The van der Waals surface area contributed by atoms with Crippen LogP contribution in [0.2, 0.25) is 0 Å². The van der Waals surface area contributed by atoms with Crippen LogP contribution < -0.4 is 10.6 Å². The maximum Gasteiger partial charge on any atom is 0.421 e. The average Bonchev–Trinajstić information content (AvgIpc) is 3.66. The summed E-state index contributed by atoms with van der Waals surface area (Å²) in [7, 11) is 3.91. The number of imidazole rings is 2. The molecule has 318 valence electrons. The first-order valence-electron chi connectivity index (χ1n) is 18.7. The molecule has 4 aromatic rings. The number of hydrogen-bond donors (Lipinski definition) is 2. The molecule has 0 spiro atoms. The Morgan fingerprint density at radius 2 is 0.966 bits per heavy atom. The van der Waals surface area contributed by atoms with Gasteiger partial charge in [0.15, 0.2) is 0 Å². The number of amides is 2. The number of nitrogens with one attached hydrogen (secondary N) is 2. The molecule has 0 fully saturated rings. The fraction of sp³-hybridized carbons (Fsp3) is 0.442. The molecule has 16 heteroatoms. The van der Waals surface area contributed by atoms with E-state index in [1.54, 1.807) is 83.1 Å². The first kappa shape index (κ1) is 48.0. The summed E-state index contributed by atoms with van der Waals surface area (Å²) in [6.45, 7) is 21.8. The Morgan fingerprint density at radius 3 is 1.31 bits per heavy atom. The summed E-state index contributed by atoms with van der Waals surface area (Å²) in [5.41, 5.74) is 0.522. The molecule has 0 atom stereocenters. The molecule has 0 saturated heterocycles. The van der Waals surface area contributed by atoms with Gasteiger partial charge in [-0.25, -0.2) is 38.3 Å². The molecule has 2 heterocycles. The van der Waals surface area contributed by atoms with Crippen LogP contribution in [0, 0.1) is 15.4 Å². The van der Waals surface area contributed by atoms with Crippen LogP contribution in [0.5, 0.6) is 0 Å². The minimum atomic E-state index is -0.728. The van der Waals surface area contributed by atoms with Crippen molar-refractivity contribution < 1.29 is 38.1 Å². The lowest BCUT2D eigenvalue weighted by atomic mass is 10.1. The SMILES string of the molecule is CC(C)(C)OC(=O)Nc1ncc(-c2ccc(I)cc2)n1C(=O)OC(C)(C)C.CN(C)CC#Cc1ccc(-c2cnc(NC(=O)OC(C)(C)C)n2C(=O)OC(C)(C)C)cc1. The van der Waals surface area contributed by atoms with Crippen molar-refractivity contribution in [2.24, 2.45) is 0 Å². The lowest BCUT2D eigenvalue weighted by Gasteiger charge is -2.22. The van der Waals surface area contributed by atoms with E-state index in [0.29, 0.717) is 17.9 Å². The van der Waals surface area contributed by atoms with Crippen molar-refractivity contribution >= 4 is 58.9 Å².